The third-order valence-electron chi connectivity index (χ3n) is 1.96. The standard InChI is InChI=1S/C9H11ClN2O2/c1-6-8(9(13)14)7(2)12(11-6)5-3-4-10/h3-4H,5H2,1-2H3,(H,13,14)/b4-3+. The van der Waals surface area contributed by atoms with Gasteiger partial charge in [0.25, 0.3) is 0 Å². The van der Waals surface area contributed by atoms with Gasteiger partial charge in [-0.15, -0.1) is 0 Å². The first-order valence-corrected chi connectivity index (χ1v) is 4.54. The molecule has 0 aliphatic heterocycles. The zero-order valence-corrected chi connectivity index (χ0v) is 8.75. The van der Waals surface area contributed by atoms with Crippen molar-refractivity contribution >= 4 is 17.6 Å². The molecule has 0 spiro atoms. The number of halogens is 1. The Labute approximate surface area is 86.8 Å². The van der Waals surface area contributed by atoms with Crippen LogP contribution in [0, 0.1) is 13.8 Å². The molecule has 0 amide bonds. The number of carboxylic acid groups (broad SMARTS) is 1. The molecular formula is C9H11ClN2O2. The van der Waals surface area contributed by atoms with Gasteiger partial charge in [0, 0.05) is 5.54 Å². The van der Waals surface area contributed by atoms with E-state index >= 15 is 0 Å². The molecule has 0 unspecified atom stereocenters. The molecule has 1 rings (SSSR count). The van der Waals surface area contributed by atoms with Crippen molar-refractivity contribution in [2.45, 2.75) is 20.4 Å². The van der Waals surface area contributed by atoms with Crippen LogP contribution in [0.1, 0.15) is 21.7 Å². The highest BCUT2D eigenvalue weighted by Gasteiger charge is 2.16. The lowest BCUT2D eigenvalue weighted by Crippen LogP contribution is -2.03. The van der Waals surface area contributed by atoms with E-state index in [1.54, 1.807) is 24.6 Å². The van der Waals surface area contributed by atoms with E-state index in [9.17, 15) is 4.79 Å². The number of aryl methyl sites for hydroxylation is 1. The van der Waals surface area contributed by atoms with Gasteiger partial charge in [-0.05, 0) is 13.8 Å². The van der Waals surface area contributed by atoms with Crippen molar-refractivity contribution < 1.29 is 9.90 Å². The highest BCUT2D eigenvalue weighted by Crippen LogP contribution is 2.12. The Balaban J connectivity index is 3.10. The quantitative estimate of drug-likeness (QED) is 0.837. The summed E-state index contributed by atoms with van der Waals surface area (Å²) in [6.45, 7) is 3.90. The second-order valence-electron chi connectivity index (χ2n) is 2.89. The molecule has 0 fully saturated rings. The number of hydrogen-bond acceptors (Lipinski definition) is 2. The summed E-state index contributed by atoms with van der Waals surface area (Å²) >= 11 is 5.37. The molecule has 1 N–H and O–H groups in total. The first-order chi connectivity index (χ1) is 6.57. The Kier molecular flexibility index (Phi) is 3.30. The van der Waals surface area contributed by atoms with Crippen LogP contribution in [0.25, 0.3) is 0 Å². The van der Waals surface area contributed by atoms with E-state index in [1.165, 1.54) is 5.54 Å². The van der Waals surface area contributed by atoms with Crippen LogP contribution in [0.5, 0.6) is 0 Å². The van der Waals surface area contributed by atoms with Gasteiger partial charge in [-0.25, -0.2) is 4.79 Å². The van der Waals surface area contributed by atoms with E-state index in [0.717, 1.165) is 0 Å². The number of carboxylic acids is 1. The lowest BCUT2D eigenvalue weighted by atomic mass is 10.2. The molecule has 14 heavy (non-hydrogen) atoms. The second kappa shape index (κ2) is 4.28. The number of allylic oxidation sites excluding steroid dienone is 1. The van der Waals surface area contributed by atoms with Crippen molar-refractivity contribution in [3.8, 4) is 0 Å². The van der Waals surface area contributed by atoms with E-state index in [0.29, 0.717) is 17.9 Å². The molecule has 0 aromatic carbocycles. The second-order valence-corrected chi connectivity index (χ2v) is 3.15. The van der Waals surface area contributed by atoms with Crippen LogP contribution in [-0.4, -0.2) is 20.9 Å². The summed E-state index contributed by atoms with van der Waals surface area (Å²) < 4.78 is 1.61. The molecule has 0 atom stereocenters. The fourth-order valence-electron chi connectivity index (χ4n) is 1.32. The van der Waals surface area contributed by atoms with Crippen molar-refractivity contribution in [2.75, 3.05) is 0 Å². The van der Waals surface area contributed by atoms with Gasteiger partial charge in [0.1, 0.15) is 5.56 Å². The van der Waals surface area contributed by atoms with Crippen LogP contribution in [0.3, 0.4) is 0 Å². The first kappa shape index (κ1) is 10.8. The Morgan fingerprint density at radius 1 is 1.64 bits per heavy atom. The third-order valence-corrected chi connectivity index (χ3v) is 2.14. The minimum absolute atomic E-state index is 0.271. The molecule has 0 radical (unpaired) electrons. The van der Waals surface area contributed by atoms with Gasteiger partial charge in [-0.1, -0.05) is 17.7 Å². The van der Waals surface area contributed by atoms with Gasteiger partial charge in [0.15, 0.2) is 0 Å². The van der Waals surface area contributed by atoms with Crippen molar-refractivity contribution in [2.24, 2.45) is 0 Å². The Hall–Kier alpha value is -1.29. The fourth-order valence-corrected chi connectivity index (χ4v) is 1.40. The summed E-state index contributed by atoms with van der Waals surface area (Å²) in [5.41, 5.74) is 2.83. The number of nitrogens with zero attached hydrogens (tertiary/aromatic N) is 2. The largest absolute Gasteiger partial charge is 0.478 e. The number of aromatic carboxylic acids is 1. The van der Waals surface area contributed by atoms with Crippen molar-refractivity contribution in [3.05, 3.63) is 28.6 Å². The van der Waals surface area contributed by atoms with Gasteiger partial charge < -0.3 is 5.11 Å². The molecule has 4 nitrogen and oxygen atoms in total. The minimum Gasteiger partial charge on any atom is -0.478 e. The van der Waals surface area contributed by atoms with E-state index in [-0.39, 0.29) is 5.56 Å². The van der Waals surface area contributed by atoms with Gasteiger partial charge in [0.2, 0.25) is 0 Å². The maximum Gasteiger partial charge on any atom is 0.339 e. The molecule has 0 bridgehead atoms. The number of hydrogen-bond donors (Lipinski definition) is 1. The zero-order valence-electron chi connectivity index (χ0n) is 7.99. The van der Waals surface area contributed by atoms with E-state index in [4.69, 9.17) is 16.7 Å². The molecule has 0 saturated carbocycles. The van der Waals surface area contributed by atoms with Gasteiger partial charge in [0.05, 0.1) is 17.9 Å². The molecule has 1 aromatic rings. The number of carbonyl (C=O) groups is 1. The minimum atomic E-state index is -0.943. The van der Waals surface area contributed by atoms with Crippen LogP contribution < -0.4 is 0 Å². The van der Waals surface area contributed by atoms with Gasteiger partial charge in [-0.2, -0.15) is 5.10 Å². The topological polar surface area (TPSA) is 55.1 Å². The van der Waals surface area contributed by atoms with Crippen molar-refractivity contribution in [3.63, 3.8) is 0 Å². The van der Waals surface area contributed by atoms with E-state index in [1.807, 2.05) is 0 Å². The Bertz CT molecular complexity index is 382. The number of rotatable bonds is 3. The summed E-state index contributed by atoms with van der Waals surface area (Å²) in [5, 5.41) is 13.0. The van der Waals surface area contributed by atoms with Crippen molar-refractivity contribution in [1.82, 2.24) is 9.78 Å². The lowest BCUT2D eigenvalue weighted by Gasteiger charge is -1.98. The first-order valence-electron chi connectivity index (χ1n) is 4.10. The summed E-state index contributed by atoms with van der Waals surface area (Å²) in [6.07, 6.45) is 1.70. The van der Waals surface area contributed by atoms with E-state index in [2.05, 4.69) is 5.10 Å². The summed E-state index contributed by atoms with van der Waals surface area (Å²) in [7, 11) is 0. The van der Waals surface area contributed by atoms with Crippen LogP contribution >= 0.6 is 11.6 Å². The van der Waals surface area contributed by atoms with Crippen LogP contribution in [-0.2, 0) is 6.54 Å². The molecule has 1 heterocycles. The average Bonchev–Trinajstić information content (AvgIpc) is 2.38. The fraction of sp³-hybridized carbons (Fsp3) is 0.333. The smallest absolute Gasteiger partial charge is 0.339 e. The normalized spacial score (nSPS) is 11.1. The molecule has 0 aliphatic carbocycles. The summed E-state index contributed by atoms with van der Waals surface area (Å²) in [4.78, 5) is 10.8. The predicted molar refractivity (Wildman–Crippen MR) is 53.7 cm³/mol. The molecular weight excluding hydrogens is 204 g/mol. The summed E-state index contributed by atoms with van der Waals surface area (Å²) in [6, 6.07) is 0. The van der Waals surface area contributed by atoms with Crippen LogP contribution in [0.2, 0.25) is 0 Å². The molecule has 0 saturated heterocycles. The molecule has 0 aliphatic rings. The van der Waals surface area contributed by atoms with Gasteiger partial charge in [-0.3, -0.25) is 4.68 Å². The third kappa shape index (κ3) is 1.96. The molecule has 1 aromatic heterocycles. The maximum absolute atomic E-state index is 10.8. The Morgan fingerprint density at radius 2 is 2.29 bits per heavy atom. The van der Waals surface area contributed by atoms with Crippen LogP contribution in [0.4, 0.5) is 0 Å². The molecule has 76 valence electrons. The predicted octanol–water partition coefficient (Wildman–Crippen LogP) is 1.95. The van der Waals surface area contributed by atoms with Gasteiger partial charge >= 0.3 is 5.97 Å². The summed E-state index contributed by atoms with van der Waals surface area (Å²) in [5.74, 6) is -0.943. The SMILES string of the molecule is Cc1nn(C/C=C/Cl)c(C)c1C(=O)O. The van der Waals surface area contributed by atoms with Crippen LogP contribution in [0.15, 0.2) is 11.6 Å². The monoisotopic (exact) mass is 214 g/mol. The highest BCUT2D eigenvalue weighted by molar-refractivity contribution is 6.25. The molecule has 5 heteroatoms. The zero-order chi connectivity index (χ0) is 10.7. The average molecular weight is 215 g/mol. The lowest BCUT2D eigenvalue weighted by molar-refractivity contribution is 0.0695. The Morgan fingerprint density at radius 3 is 2.71 bits per heavy atom. The van der Waals surface area contributed by atoms with Crippen molar-refractivity contribution in [1.29, 1.82) is 0 Å². The van der Waals surface area contributed by atoms with E-state index < -0.39 is 5.97 Å². The highest BCUT2D eigenvalue weighted by atomic mass is 35.5. The number of aromatic nitrogens is 2. The maximum atomic E-state index is 10.8.